The maximum absolute atomic E-state index is 2.39. The van der Waals surface area contributed by atoms with Crippen LogP contribution in [0.1, 0.15) is 51.7 Å². The van der Waals surface area contributed by atoms with Crippen LogP contribution in [-0.2, 0) is 5.41 Å². The van der Waals surface area contributed by atoms with E-state index >= 15 is 0 Å². The van der Waals surface area contributed by atoms with Crippen LogP contribution < -0.4 is 0 Å². The largest absolute Gasteiger partial charge is 0.309 e. The summed E-state index contributed by atoms with van der Waals surface area (Å²) in [5.74, 6) is 0.550. The minimum atomic E-state index is 0.152. The van der Waals surface area contributed by atoms with E-state index in [1.807, 2.05) is 0 Å². The Labute approximate surface area is 191 Å². The van der Waals surface area contributed by atoms with Gasteiger partial charge in [-0.3, -0.25) is 0 Å². The lowest BCUT2D eigenvalue weighted by Crippen LogP contribution is -2.10. The molecule has 32 heavy (non-hydrogen) atoms. The predicted octanol–water partition coefficient (Wildman–Crippen LogP) is 8.87. The number of hydrogen-bond donors (Lipinski definition) is 0. The van der Waals surface area contributed by atoms with Crippen LogP contribution in [0, 0.1) is 0 Å². The van der Waals surface area contributed by atoms with Gasteiger partial charge >= 0.3 is 0 Å². The molecule has 0 radical (unpaired) electrons. The van der Waals surface area contributed by atoms with Gasteiger partial charge in [-0.25, -0.2) is 0 Å². The smallest absolute Gasteiger partial charge is 0.0541 e. The molecule has 0 bridgehead atoms. The van der Waals surface area contributed by atoms with Crippen molar-refractivity contribution < 1.29 is 0 Å². The van der Waals surface area contributed by atoms with Gasteiger partial charge < -0.3 is 4.57 Å². The van der Waals surface area contributed by atoms with Gasteiger partial charge in [-0.1, -0.05) is 95.3 Å². The quantitative estimate of drug-likeness (QED) is 0.276. The molecule has 1 nitrogen and oxygen atoms in total. The predicted molar refractivity (Wildman–Crippen MR) is 139 cm³/mol. The van der Waals surface area contributed by atoms with Gasteiger partial charge in [0.05, 0.1) is 11.0 Å². The van der Waals surface area contributed by atoms with E-state index in [1.165, 1.54) is 49.7 Å². The molecule has 1 heterocycles. The van der Waals surface area contributed by atoms with Gasteiger partial charge in [-0.2, -0.15) is 0 Å². The van der Waals surface area contributed by atoms with Gasteiger partial charge in [0.2, 0.25) is 0 Å². The van der Waals surface area contributed by atoms with Crippen molar-refractivity contribution in [3.05, 3.63) is 102 Å². The summed E-state index contributed by atoms with van der Waals surface area (Å²) in [6.45, 7) is 11.3. The average Bonchev–Trinajstić information content (AvgIpc) is 3.12. The molecule has 0 N–H and O–H groups in total. The monoisotopic (exact) mass is 417 g/mol. The van der Waals surface area contributed by atoms with E-state index in [-0.39, 0.29) is 5.41 Å². The second-order valence-electron chi connectivity index (χ2n) is 10.2. The van der Waals surface area contributed by atoms with Crippen molar-refractivity contribution in [3.8, 4) is 16.8 Å². The molecule has 160 valence electrons. The van der Waals surface area contributed by atoms with Crippen LogP contribution >= 0.6 is 0 Å². The third-order valence-electron chi connectivity index (χ3n) is 6.57. The highest BCUT2D eigenvalue weighted by molar-refractivity contribution is 6.10. The van der Waals surface area contributed by atoms with Gasteiger partial charge in [-0.15, -0.1) is 0 Å². The summed E-state index contributed by atoms with van der Waals surface area (Å²) in [4.78, 5) is 0. The van der Waals surface area contributed by atoms with E-state index in [2.05, 4.69) is 130 Å². The fourth-order valence-corrected chi connectivity index (χ4v) is 4.60. The first kappa shape index (κ1) is 20.6. The Kier molecular flexibility index (Phi) is 4.93. The summed E-state index contributed by atoms with van der Waals surface area (Å²) in [5, 5.41) is 2.59. The summed E-state index contributed by atoms with van der Waals surface area (Å²) in [5.41, 5.74) is 9.12. The van der Waals surface area contributed by atoms with Gasteiger partial charge in [0.25, 0.3) is 0 Å². The number of nitrogens with zero attached hydrogens (tertiary/aromatic N) is 1. The molecular formula is C31H31N. The molecule has 1 heteroatoms. The first-order valence-corrected chi connectivity index (χ1v) is 11.6. The zero-order valence-electron chi connectivity index (χ0n) is 19.7. The highest BCUT2D eigenvalue weighted by Gasteiger charge is 2.16. The van der Waals surface area contributed by atoms with Gasteiger partial charge in [0, 0.05) is 16.5 Å². The molecule has 0 aliphatic carbocycles. The minimum Gasteiger partial charge on any atom is -0.309 e. The molecule has 5 aromatic rings. The number of benzene rings is 4. The summed E-state index contributed by atoms with van der Waals surface area (Å²) < 4.78 is 2.39. The first-order chi connectivity index (χ1) is 15.3. The average molecular weight is 418 g/mol. The molecule has 0 spiro atoms. The minimum absolute atomic E-state index is 0.152. The lowest BCUT2D eigenvalue weighted by Gasteiger charge is -2.19. The molecular weight excluding hydrogens is 386 g/mol. The Morgan fingerprint density at radius 3 is 1.91 bits per heavy atom. The summed E-state index contributed by atoms with van der Waals surface area (Å²) in [7, 11) is 0. The molecule has 0 saturated carbocycles. The van der Waals surface area contributed by atoms with E-state index in [9.17, 15) is 0 Å². The Morgan fingerprint density at radius 2 is 1.25 bits per heavy atom. The molecule has 0 unspecified atom stereocenters. The van der Waals surface area contributed by atoms with Crippen LogP contribution in [0.25, 0.3) is 38.6 Å². The summed E-state index contributed by atoms with van der Waals surface area (Å²) in [6, 6.07) is 33.7. The Morgan fingerprint density at radius 1 is 0.625 bits per heavy atom. The van der Waals surface area contributed by atoms with Crippen molar-refractivity contribution in [2.75, 3.05) is 0 Å². The van der Waals surface area contributed by atoms with E-state index in [4.69, 9.17) is 0 Å². The third-order valence-corrected chi connectivity index (χ3v) is 6.57. The topological polar surface area (TPSA) is 4.93 Å². The van der Waals surface area contributed by atoms with Crippen molar-refractivity contribution in [2.45, 2.75) is 46.0 Å². The van der Waals surface area contributed by atoms with Crippen LogP contribution in [0.4, 0.5) is 0 Å². The Balaban J connectivity index is 1.67. The standard InChI is InChI=1S/C31H31N/c1-21(2)22-10-12-23(13-11-22)24-14-19-30-28(20-24)27-8-6-7-9-29(27)32(30)26-17-15-25(16-18-26)31(3,4)5/h6-21H,1-5H3. The molecule has 0 atom stereocenters. The van der Waals surface area contributed by atoms with Gasteiger partial charge in [-0.05, 0) is 63.9 Å². The van der Waals surface area contributed by atoms with Crippen molar-refractivity contribution in [1.29, 1.82) is 0 Å². The van der Waals surface area contributed by atoms with E-state index in [0.29, 0.717) is 5.92 Å². The number of rotatable bonds is 3. The van der Waals surface area contributed by atoms with E-state index in [0.717, 1.165) is 0 Å². The zero-order valence-corrected chi connectivity index (χ0v) is 19.7. The molecule has 0 fully saturated rings. The van der Waals surface area contributed by atoms with Crippen molar-refractivity contribution in [3.63, 3.8) is 0 Å². The maximum atomic E-state index is 2.39. The van der Waals surface area contributed by atoms with Gasteiger partial charge in [0.1, 0.15) is 0 Å². The van der Waals surface area contributed by atoms with Crippen LogP contribution in [0.2, 0.25) is 0 Å². The van der Waals surface area contributed by atoms with Crippen LogP contribution in [-0.4, -0.2) is 4.57 Å². The van der Waals surface area contributed by atoms with Crippen molar-refractivity contribution in [2.24, 2.45) is 0 Å². The molecule has 0 saturated heterocycles. The molecule has 0 amide bonds. The number of para-hydroxylation sites is 1. The zero-order chi connectivity index (χ0) is 22.5. The highest BCUT2D eigenvalue weighted by Crippen LogP contribution is 2.35. The van der Waals surface area contributed by atoms with E-state index < -0.39 is 0 Å². The number of hydrogen-bond acceptors (Lipinski definition) is 0. The molecule has 4 aromatic carbocycles. The Bertz CT molecular complexity index is 1390. The molecule has 0 aliphatic heterocycles. The summed E-state index contributed by atoms with van der Waals surface area (Å²) in [6.07, 6.45) is 0. The highest BCUT2D eigenvalue weighted by atomic mass is 15.0. The lowest BCUT2D eigenvalue weighted by atomic mass is 9.87. The number of aromatic nitrogens is 1. The fourth-order valence-electron chi connectivity index (χ4n) is 4.60. The first-order valence-electron chi connectivity index (χ1n) is 11.6. The lowest BCUT2D eigenvalue weighted by molar-refractivity contribution is 0.590. The SMILES string of the molecule is CC(C)c1ccc(-c2ccc3c(c2)c2ccccc2n3-c2ccc(C(C)(C)C)cc2)cc1. The summed E-state index contributed by atoms with van der Waals surface area (Å²) >= 11 is 0. The number of fused-ring (bicyclic) bond motifs is 3. The molecule has 0 aliphatic rings. The van der Waals surface area contributed by atoms with Crippen molar-refractivity contribution >= 4 is 21.8 Å². The van der Waals surface area contributed by atoms with Crippen LogP contribution in [0.15, 0.2) is 91.0 Å². The normalized spacial score (nSPS) is 12.2. The second kappa shape index (κ2) is 7.67. The van der Waals surface area contributed by atoms with Crippen LogP contribution in [0.5, 0.6) is 0 Å². The second-order valence-corrected chi connectivity index (χ2v) is 10.2. The molecule has 5 rings (SSSR count). The third kappa shape index (κ3) is 3.52. The van der Waals surface area contributed by atoms with Gasteiger partial charge in [0.15, 0.2) is 0 Å². The van der Waals surface area contributed by atoms with Crippen molar-refractivity contribution in [1.82, 2.24) is 4.57 Å². The van der Waals surface area contributed by atoms with E-state index in [1.54, 1.807) is 0 Å². The Hall–Kier alpha value is -3.32. The molecule has 1 aromatic heterocycles. The fraction of sp³-hybridized carbons (Fsp3) is 0.226. The van der Waals surface area contributed by atoms with Crippen LogP contribution in [0.3, 0.4) is 0 Å². The maximum Gasteiger partial charge on any atom is 0.0541 e.